The number of carbonyl (C=O) groups excluding carboxylic acids is 1. The van der Waals surface area contributed by atoms with Gasteiger partial charge in [0.1, 0.15) is 0 Å². The van der Waals surface area contributed by atoms with Crippen LogP contribution in [0.2, 0.25) is 0 Å². The van der Waals surface area contributed by atoms with Crippen LogP contribution < -0.4 is 5.73 Å². The molecule has 2 unspecified atom stereocenters. The molecule has 1 heterocycles. The van der Waals surface area contributed by atoms with E-state index in [4.69, 9.17) is 5.73 Å². The summed E-state index contributed by atoms with van der Waals surface area (Å²) in [5, 5.41) is 0. The fraction of sp³-hybridized carbons (Fsp3) is 0.533. The Bertz CT molecular complexity index is 771. The summed E-state index contributed by atoms with van der Waals surface area (Å²) in [7, 11) is -3.17. The van der Waals surface area contributed by atoms with Gasteiger partial charge in [-0.1, -0.05) is 6.92 Å². The molecule has 1 aliphatic rings. The average Bonchev–Trinajstić information content (AvgIpc) is 2.55. The zero-order valence-corrected chi connectivity index (χ0v) is 15.7. The van der Waals surface area contributed by atoms with Gasteiger partial charge in [-0.3, -0.25) is 0 Å². The molecule has 1 aliphatic heterocycles. The number of sulfonamides is 1. The maximum absolute atomic E-state index is 13.2. The van der Waals surface area contributed by atoms with Crippen LogP contribution in [0, 0.1) is 5.92 Å². The Morgan fingerprint density at radius 2 is 1.96 bits per heavy atom. The van der Waals surface area contributed by atoms with Crippen LogP contribution in [0.25, 0.3) is 0 Å². The predicted molar refractivity (Wildman–Crippen MR) is 90.5 cm³/mol. The molecular formula is C15H20ClF3N2O4S. The Morgan fingerprint density at radius 1 is 1.35 bits per heavy atom. The number of ether oxygens (including phenoxy) is 1. The number of esters is 1. The van der Waals surface area contributed by atoms with Crippen molar-refractivity contribution in [1.82, 2.24) is 4.31 Å². The lowest BCUT2D eigenvalue weighted by Gasteiger charge is -2.34. The molecule has 2 N–H and O–H groups in total. The van der Waals surface area contributed by atoms with Crippen molar-refractivity contribution in [2.45, 2.75) is 30.5 Å². The predicted octanol–water partition coefficient (Wildman–Crippen LogP) is 2.27. The van der Waals surface area contributed by atoms with Crippen LogP contribution in [0.3, 0.4) is 0 Å². The molecule has 1 fully saturated rings. The van der Waals surface area contributed by atoms with Gasteiger partial charge in [-0.25, -0.2) is 13.2 Å². The van der Waals surface area contributed by atoms with Crippen LogP contribution in [-0.2, 0) is 20.9 Å². The lowest BCUT2D eigenvalue weighted by Crippen LogP contribution is -2.48. The number of benzene rings is 1. The summed E-state index contributed by atoms with van der Waals surface area (Å²) in [5.41, 5.74) is 3.77. The Morgan fingerprint density at radius 3 is 2.46 bits per heavy atom. The van der Waals surface area contributed by atoms with Gasteiger partial charge >= 0.3 is 12.1 Å². The van der Waals surface area contributed by atoms with Crippen molar-refractivity contribution in [3.05, 3.63) is 29.3 Å². The van der Waals surface area contributed by atoms with Crippen molar-refractivity contribution in [2.24, 2.45) is 11.7 Å². The van der Waals surface area contributed by atoms with Gasteiger partial charge in [0.05, 0.1) is 23.1 Å². The standard InChI is InChI=1S/C15H19F3N2O4S.ClH/c1-9-8-20(6-5-13(9)19)25(22,23)10-3-4-11(14(21)24-2)12(7-10)15(16,17)18;/h3-4,7,9,13H,5-6,8,19H2,1-2H3;1H. The van der Waals surface area contributed by atoms with E-state index in [1.165, 1.54) is 0 Å². The van der Waals surface area contributed by atoms with E-state index in [2.05, 4.69) is 4.74 Å². The first-order chi connectivity index (χ1) is 11.5. The van der Waals surface area contributed by atoms with E-state index in [-0.39, 0.29) is 37.5 Å². The van der Waals surface area contributed by atoms with E-state index < -0.39 is 38.2 Å². The highest BCUT2D eigenvalue weighted by Gasteiger charge is 2.38. The second-order valence-electron chi connectivity index (χ2n) is 5.99. The Kier molecular flexibility index (Phi) is 7.08. The van der Waals surface area contributed by atoms with Gasteiger partial charge in [0, 0.05) is 19.1 Å². The molecule has 2 atom stereocenters. The monoisotopic (exact) mass is 416 g/mol. The lowest BCUT2D eigenvalue weighted by molar-refractivity contribution is -0.138. The van der Waals surface area contributed by atoms with Gasteiger partial charge < -0.3 is 10.5 Å². The molecule has 0 aromatic heterocycles. The summed E-state index contributed by atoms with van der Waals surface area (Å²) in [4.78, 5) is 11.0. The third kappa shape index (κ3) is 4.48. The number of hydrogen-bond acceptors (Lipinski definition) is 5. The number of rotatable bonds is 3. The highest BCUT2D eigenvalue weighted by molar-refractivity contribution is 7.89. The molecular weight excluding hydrogens is 397 g/mol. The number of nitrogens with two attached hydrogens (primary N) is 1. The molecule has 0 bridgehead atoms. The van der Waals surface area contributed by atoms with Gasteiger partial charge in [0.15, 0.2) is 0 Å². The molecule has 1 saturated heterocycles. The summed E-state index contributed by atoms with van der Waals surface area (Å²) in [6.07, 6.45) is -4.47. The van der Waals surface area contributed by atoms with E-state index in [1.807, 2.05) is 0 Å². The van der Waals surface area contributed by atoms with E-state index in [0.29, 0.717) is 12.5 Å². The summed E-state index contributed by atoms with van der Waals surface area (Å²) in [6, 6.07) is 2.12. The first-order valence-electron chi connectivity index (χ1n) is 7.53. The molecule has 0 aliphatic carbocycles. The minimum atomic E-state index is -4.90. The maximum Gasteiger partial charge on any atom is 0.417 e. The smallest absolute Gasteiger partial charge is 0.417 e. The topological polar surface area (TPSA) is 89.7 Å². The van der Waals surface area contributed by atoms with Crippen LogP contribution in [0.5, 0.6) is 0 Å². The van der Waals surface area contributed by atoms with Crippen molar-refractivity contribution < 1.29 is 31.1 Å². The SMILES string of the molecule is COC(=O)c1ccc(S(=O)(=O)N2CCC(N)C(C)C2)cc1C(F)(F)F.Cl. The largest absolute Gasteiger partial charge is 0.465 e. The molecule has 0 saturated carbocycles. The second kappa shape index (κ2) is 8.12. The van der Waals surface area contributed by atoms with Gasteiger partial charge in [0.2, 0.25) is 10.0 Å². The molecule has 6 nitrogen and oxygen atoms in total. The van der Waals surface area contributed by atoms with Gasteiger partial charge in [0.25, 0.3) is 0 Å². The van der Waals surface area contributed by atoms with Crippen molar-refractivity contribution in [2.75, 3.05) is 20.2 Å². The van der Waals surface area contributed by atoms with Crippen molar-refractivity contribution in [3.63, 3.8) is 0 Å². The Hall–Kier alpha value is -1.36. The summed E-state index contributed by atoms with van der Waals surface area (Å²) < 4.78 is 70.5. The Labute approximate surface area is 155 Å². The quantitative estimate of drug-likeness (QED) is 0.763. The first-order valence-corrected chi connectivity index (χ1v) is 8.97. The van der Waals surface area contributed by atoms with E-state index >= 15 is 0 Å². The molecule has 1 aromatic carbocycles. The number of nitrogens with zero attached hydrogens (tertiary/aromatic N) is 1. The fourth-order valence-electron chi connectivity index (χ4n) is 2.70. The average molecular weight is 417 g/mol. The first kappa shape index (κ1) is 22.7. The van der Waals surface area contributed by atoms with Gasteiger partial charge in [-0.2, -0.15) is 17.5 Å². The van der Waals surface area contributed by atoms with E-state index in [1.54, 1.807) is 6.92 Å². The normalized spacial score (nSPS) is 21.8. The van der Waals surface area contributed by atoms with Crippen LogP contribution in [-0.4, -0.2) is 44.9 Å². The highest BCUT2D eigenvalue weighted by Crippen LogP contribution is 2.35. The fourth-order valence-corrected chi connectivity index (χ4v) is 4.28. The number of halogens is 4. The molecule has 26 heavy (non-hydrogen) atoms. The second-order valence-corrected chi connectivity index (χ2v) is 7.93. The third-order valence-electron chi connectivity index (χ3n) is 4.27. The zero-order chi connectivity index (χ0) is 19.0. The third-order valence-corrected chi connectivity index (χ3v) is 6.14. The summed E-state index contributed by atoms with van der Waals surface area (Å²) in [5.74, 6) is -1.30. The molecule has 11 heteroatoms. The summed E-state index contributed by atoms with van der Waals surface area (Å²) >= 11 is 0. The molecule has 2 rings (SSSR count). The molecule has 0 radical (unpaired) electrons. The number of methoxy groups -OCH3 is 1. The van der Waals surface area contributed by atoms with Crippen LogP contribution in [0.15, 0.2) is 23.1 Å². The van der Waals surface area contributed by atoms with Crippen molar-refractivity contribution in [3.8, 4) is 0 Å². The van der Waals surface area contributed by atoms with E-state index in [9.17, 15) is 26.4 Å². The maximum atomic E-state index is 13.2. The molecule has 0 amide bonds. The lowest BCUT2D eigenvalue weighted by atomic mass is 9.96. The van der Waals surface area contributed by atoms with Crippen LogP contribution >= 0.6 is 12.4 Å². The molecule has 0 spiro atoms. The molecule has 1 aromatic rings. The minimum absolute atomic E-state index is 0. The number of hydrogen-bond donors (Lipinski definition) is 1. The summed E-state index contributed by atoms with van der Waals surface area (Å²) in [6.45, 7) is 2.05. The van der Waals surface area contributed by atoms with Crippen molar-refractivity contribution in [1.29, 1.82) is 0 Å². The number of piperidine rings is 1. The Balaban J connectivity index is 0.00000338. The van der Waals surface area contributed by atoms with E-state index in [0.717, 1.165) is 23.5 Å². The highest BCUT2D eigenvalue weighted by atomic mass is 35.5. The van der Waals surface area contributed by atoms with Gasteiger partial charge in [-0.05, 0) is 30.5 Å². The molecule has 148 valence electrons. The zero-order valence-electron chi connectivity index (χ0n) is 14.1. The van der Waals surface area contributed by atoms with Crippen molar-refractivity contribution >= 4 is 28.4 Å². The van der Waals surface area contributed by atoms with Gasteiger partial charge in [-0.15, -0.1) is 12.4 Å². The number of carbonyl (C=O) groups is 1. The van der Waals surface area contributed by atoms with Crippen LogP contribution in [0.1, 0.15) is 29.3 Å². The minimum Gasteiger partial charge on any atom is -0.465 e. The van der Waals surface area contributed by atoms with Crippen LogP contribution in [0.4, 0.5) is 13.2 Å². The number of alkyl halides is 3.